The van der Waals surface area contributed by atoms with Crippen LogP contribution in [0.4, 0.5) is 10.2 Å². The summed E-state index contributed by atoms with van der Waals surface area (Å²) >= 11 is 0. The van der Waals surface area contributed by atoms with Gasteiger partial charge in [-0.25, -0.2) is 14.1 Å². The molecule has 1 atom stereocenters. The first-order valence-corrected chi connectivity index (χ1v) is 7.75. The quantitative estimate of drug-likeness (QED) is 0.770. The zero-order chi connectivity index (χ0) is 17.8. The number of carbonyl (C=O) groups is 1. The molecule has 25 heavy (non-hydrogen) atoms. The van der Waals surface area contributed by atoms with Gasteiger partial charge < -0.3 is 5.32 Å². The van der Waals surface area contributed by atoms with E-state index in [1.165, 1.54) is 16.8 Å². The molecule has 0 aliphatic carbocycles. The molecule has 1 N–H and O–H groups in total. The number of pyridine rings is 1. The minimum atomic E-state index is -0.722. The van der Waals surface area contributed by atoms with Crippen LogP contribution in [0.2, 0.25) is 0 Å². The summed E-state index contributed by atoms with van der Waals surface area (Å²) in [5, 5.41) is 14.1. The highest BCUT2D eigenvalue weighted by atomic mass is 19.1. The average molecular weight is 340 g/mol. The number of aromatic nitrogens is 5. The maximum atomic E-state index is 13.5. The number of hydrogen-bond donors (Lipinski definition) is 1. The van der Waals surface area contributed by atoms with E-state index in [0.29, 0.717) is 17.2 Å². The second kappa shape index (κ2) is 7.16. The van der Waals surface area contributed by atoms with Crippen molar-refractivity contribution < 1.29 is 9.18 Å². The van der Waals surface area contributed by atoms with Crippen LogP contribution in [0.5, 0.6) is 0 Å². The van der Waals surface area contributed by atoms with Crippen LogP contribution in [-0.4, -0.2) is 31.1 Å². The second-order valence-corrected chi connectivity index (χ2v) is 5.73. The molecule has 3 rings (SSSR count). The Morgan fingerprint density at radius 2 is 2.12 bits per heavy atom. The number of hydrogen-bond acceptors (Lipinski definition) is 5. The molecule has 2 aromatic heterocycles. The summed E-state index contributed by atoms with van der Waals surface area (Å²) in [4.78, 5) is 16.9. The van der Waals surface area contributed by atoms with Crippen LogP contribution in [-0.2, 0) is 11.2 Å². The van der Waals surface area contributed by atoms with Crippen molar-refractivity contribution in [1.29, 1.82) is 0 Å². The molecule has 0 saturated heterocycles. The van der Waals surface area contributed by atoms with Crippen molar-refractivity contribution in [2.24, 2.45) is 0 Å². The molecule has 128 valence electrons. The first-order chi connectivity index (χ1) is 12.0. The van der Waals surface area contributed by atoms with Crippen LogP contribution in [0.3, 0.4) is 0 Å². The van der Waals surface area contributed by atoms with Crippen LogP contribution in [0.25, 0.3) is 0 Å². The van der Waals surface area contributed by atoms with Crippen molar-refractivity contribution in [1.82, 2.24) is 25.2 Å². The van der Waals surface area contributed by atoms with E-state index in [-0.39, 0.29) is 18.1 Å². The minimum Gasteiger partial charge on any atom is -0.309 e. The van der Waals surface area contributed by atoms with E-state index in [4.69, 9.17) is 0 Å². The molecular formula is C17H17FN6O. The van der Waals surface area contributed by atoms with Gasteiger partial charge in [-0.1, -0.05) is 18.2 Å². The summed E-state index contributed by atoms with van der Waals surface area (Å²) in [6, 6.07) is 8.97. The SMILES string of the molecule is Cc1ccc(NC(=O)C(Cc2cccc(F)c2)n2nnnc2C)nc1. The number of nitrogens with one attached hydrogen (secondary N) is 1. The highest BCUT2D eigenvalue weighted by molar-refractivity contribution is 5.93. The van der Waals surface area contributed by atoms with Gasteiger partial charge in [-0.2, -0.15) is 0 Å². The van der Waals surface area contributed by atoms with E-state index in [9.17, 15) is 9.18 Å². The number of rotatable bonds is 5. The molecule has 1 aromatic carbocycles. The van der Waals surface area contributed by atoms with Crippen molar-refractivity contribution in [3.8, 4) is 0 Å². The van der Waals surface area contributed by atoms with Crippen LogP contribution in [0.1, 0.15) is 23.0 Å². The van der Waals surface area contributed by atoms with Gasteiger partial charge in [-0.3, -0.25) is 4.79 Å². The van der Waals surface area contributed by atoms with Gasteiger partial charge in [0.15, 0.2) is 0 Å². The topological polar surface area (TPSA) is 85.6 Å². The molecule has 3 aromatic rings. The van der Waals surface area contributed by atoms with Gasteiger partial charge in [-0.05, 0) is 53.6 Å². The van der Waals surface area contributed by atoms with Crippen molar-refractivity contribution in [3.63, 3.8) is 0 Å². The lowest BCUT2D eigenvalue weighted by atomic mass is 10.1. The minimum absolute atomic E-state index is 0.251. The molecule has 0 spiro atoms. The lowest BCUT2D eigenvalue weighted by molar-refractivity contribution is -0.119. The standard InChI is InChI=1S/C17H17FN6O/c1-11-6-7-16(19-10-11)20-17(25)15(24-12(2)21-22-23-24)9-13-4-3-5-14(18)8-13/h3-8,10,15H,9H2,1-2H3,(H,19,20,25). The molecular weight excluding hydrogens is 323 g/mol. The molecule has 0 saturated carbocycles. The predicted octanol–water partition coefficient (Wildman–Crippen LogP) is 2.25. The van der Waals surface area contributed by atoms with Gasteiger partial charge in [0.05, 0.1) is 0 Å². The van der Waals surface area contributed by atoms with Crippen LogP contribution in [0, 0.1) is 19.7 Å². The zero-order valence-corrected chi connectivity index (χ0v) is 13.8. The maximum absolute atomic E-state index is 13.5. The summed E-state index contributed by atoms with van der Waals surface area (Å²) in [6.07, 6.45) is 1.92. The Morgan fingerprint density at radius 1 is 1.28 bits per heavy atom. The van der Waals surface area contributed by atoms with Gasteiger partial charge in [0, 0.05) is 12.6 Å². The summed E-state index contributed by atoms with van der Waals surface area (Å²) in [7, 11) is 0. The highest BCUT2D eigenvalue weighted by Gasteiger charge is 2.24. The van der Waals surface area contributed by atoms with Crippen LogP contribution >= 0.6 is 0 Å². The Bertz CT molecular complexity index is 877. The molecule has 1 unspecified atom stereocenters. The molecule has 8 heteroatoms. The number of benzene rings is 1. The lowest BCUT2D eigenvalue weighted by Crippen LogP contribution is -2.29. The number of halogens is 1. The van der Waals surface area contributed by atoms with E-state index in [0.717, 1.165) is 5.56 Å². The van der Waals surface area contributed by atoms with E-state index >= 15 is 0 Å². The van der Waals surface area contributed by atoms with Crippen molar-refractivity contribution in [2.75, 3.05) is 5.32 Å². The molecule has 2 heterocycles. The average Bonchev–Trinajstić information content (AvgIpc) is 3.00. The number of anilines is 1. The van der Waals surface area contributed by atoms with Crippen LogP contribution < -0.4 is 5.32 Å². The number of aryl methyl sites for hydroxylation is 2. The highest BCUT2D eigenvalue weighted by Crippen LogP contribution is 2.18. The first kappa shape index (κ1) is 16.7. The fourth-order valence-corrected chi connectivity index (χ4v) is 2.45. The van der Waals surface area contributed by atoms with E-state index in [1.807, 2.05) is 13.0 Å². The van der Waals surface area contributed by atoms with Crippen LogP contribution in [0.15, 0.2) is 42.6 Å². The van der Waals surface area contributed by atoms with E-state index in [2.05, 4.69) is 25.8 Å². The summed E-state index contributed by atoms with van der Waals surface area (Å²) in [5.41, 5.74) is 1.66. The van der Waals surface area contributed by atoms with Gasteiger partial charge in [0.2, 0.25) is 0 Å². The molecule has 0 fully saturated rings. The number of carbonyl (C=O) groups excluding carboxylic acids is 1. The number of amides is 1. The Morgan fingerprint density at radius 3 is 2.76 bits per heavy atom. The van der Waals surface area contributed by atoms with Gasteiger partial charge in [0.1, 0.15) is 23.5 Å². The smallest absolute Gasteiger partial charge is 0.250 e. The van der Waals surface area contributed by atoms with E-state index in [1.54, 1.807) is 31.3 Å². The number of nitrogens with zero attached hydrogens (tertiary/aromatic N) is 5. The van der Waals surface area contributed by atoms with Crippen molar-refractivity contribution in [2.45, 2.75) is 26.3 Å². The first-order valence-electron chi connectivity index (χ1n) is 7.75. The maximum Gasteiger partial charge on any atom is 0.250 e. The third kappa shape index (κ3) is 4.03. The van der Waals surface area contributed by atoms with Crippen molar-refractivity contribution >= 4 is 11.7 Å². The van der Waals surface area contributed by atoms with Gasteiger partial charge in [-0.15, -0.1) is 5.10 Å². The van der Waals surface area contributed by atoms with Crippen molar-refractivity contribution in [3.05, 3.63) is 65.4 Å². The monoisotopic (exact) mass is 340 g/mol. The number of tetrazole rings is 1. The van der Waals surface area contributed by atoms with Gasteiger partial charge >= 0.3 is 0 Å². The fraction of sp³-hybridized carbons (Fsp3) is 0.235. The molecule has 0 aliphatic heterocycles. The Balaban J connectivity index is 1.86. The Kier molecular flexibility index (Phi) is 4.78. The summed E-state index contributed by atoms with van der Waals surface area (Å²) < 4.78 is 14.9. The third-order valence-corrected chi connectivity index (χ3v) is 3.74. The second-order valence-electron chi connectivity index (χ2n) is 5.73. The normalized spacial score (nSPS) is 12.0. The largest absolute Gasteiger partial charge is 0.309 e. The fourth-order valence-electron chi connectivity index (χ4n) is 2.45. The Hall–Kier alpha value is -3.16. The molecule has 1 amide bonds. The molecule has 0 bridgehead atoms. The summed E-state index contributed by atoms with van der Waals surface area (Å²) in [6.45, 7) is 3.62. The lowest BCUT2D eigenvalue weighted by Gasteiger charge is -2.17. The third-order valence-electron chi connectivity index (χ3n) is 3.74. The molecule has 0 aliphatic rings. The van der Waals surface area contributed by atoms with Gasteiger partial charge in [0.25, 0.3) is 5.91 Å². The molecule has 7 nitrogen and oxygen atoms in total. The summed E-state index contributed by atoms with van der Waals surface area (Å²) in [5.74, 6) is 0.250. The zero-order valence-electron chi connectivity index (χ0n) is 13.8. The predicted molar refractivity (Wildman–Crippen MR) is 89.3 cm³/mol. The Labute approximate surface area is 143 Å². The van der Waals surface area contributed by atoms with E-state index < -0.39 is 6.04 Å². The molecule has 0 radical (unpaired) electrons.